The number of methoxy groups -OCH3 is 1. The van der Waals surface area contributed by atoms with E-state index in [9.17, 15) is 19.6 Å². The van der Waals surface area contributed by atoms with Crippen LogP contribution in [0.5, 0.6) is 0 Å². The van der Waals surface area contributed by atoms with Crippen molar-refractivity contribution in [2.45, 2.75) is 32.6 Å². The van der Waals surface area contributed by atoms with Gasteiger partial charge in [0.2, 0.25) is 0 Å². The zero-order valence-electron chi connectivity index (χ0n) is 21.6. The Morgan fingerprint density at radius 1 is 1.13 bits per heavy atom. The van der Waals surface area contributed by atoms with Crippen LogP contribution in [-0.2, 0) is 19.1 Å². The van der Waals surface area contributed by atoms with Crippen molar-refractivity contribution in [2.75, 3.05) is 19.5 Å². The number of carbonyl (C=O) groups excluding carboxylic acids is 3. The van der Waals surface area contributed by atoms with Gasteiger partial charge in [0.25, 0.3) is 5.91 Å². The maximum Gasteiger partial charge on any atom is 0.340 e. The zero-order chi connectivity index (χ0) is 27.6. The molecule has 0 spiro atoms. The van der Waals surface area contributed by atoms with Gasteiger partial charge in [-0.25, -0.2) is 9.59 Å². The van der Waals surface area contributed by atoms with Crippen LogP contribution in [0, 0.1) is 17.6 Å². The summed E-state index contributed by atoms with van der Waals surface area (Å²) in [4.78, 5) is 38.3. The molecule has 0 saturated carbocycles. The molecule has 0 radical (unpaired) electrons. The standard InChI is InChI=1S/C29H28N4O5/c1-6-19-8-7-9-21(16-19)27-25(17(2)30-18(3)26(27)29(36)38-5)28(35)31-22-12-10-20(11-13-22)23-14-15-24(34)33(4,37)32-23/h1,7-13,16,27,30H,14-15H2,2-5H3,(H,31,35). The number of hydrogen-bond donors (Lipinski definition) is 2. The lowest BCUT2D eigenvalue weighted by Crippen LogP contribution is -2.42. The van der Waals surface area contributed by atoms with Gasteiger partial charge in [-0.05, 0) is 43.7 Å². The molecular formula is C29H28N4O5. The molecule has 0 aliphatic carbocycles. The maximum atomic E-state index is 13.7. The number of quaternary nitrogens is 1. The minimum Gasteiger partial charge on any atom is -0.597 e. The largest absolute Gasteiger partial charge is 0.597 e. The molecule has 2 unspecified atom stereocenters. The highest BCUT2D eigenvalue weighted by atomic mass is 16.6. The van der Waals surface area contributed by atoms with Crippen molar-refractivity contribution in [2.24, 2.45) is 5.10 Å². The van der Waals surface area contributed by atoms with E-state index in [1.807, 2.05) is 6.07 Å². The van der Waals surface area contributed by atoms with Crippen LogP contribution in [0.25, 0.3) is 0 Å². The Hall–Kier alpha value is -4.52. The molecule has 2 amide bonds. The fourth-order valence-corrected chi connectivity index (χ4v) is 4.73. The molecule has 194 valence electrons. The van der Waals surface area contributed by atoms with Crippen LogP contribution in [0.1, 0.15) is 49.3 Å². The number of nitrogens with one attached hydrogen (secondary N) is 2. The third kappa shape index (κ3) is 5.13. The first-order valence-electron chi connectivity index (χ1n) is 12.0. The second-order valence-electron chi connectivity index (χ2n) is 9.25. The SMILES string of the molecule is C#Cc1cccc(C2C(C(=O)Nc3ccc(C4=N[N+](C)([O-])C(=O)CC4)cc3)=C(C)NC(C)=C2C(=O)OC)c1. The molecule has 0 fully saturated rings. The Bertz CT molecular complexity index is 1460. The summed E-state index contributed by atoms with van der Waals surface area (Å²) in [6.07, 6.45) is 6.10. The summed E-state index contributed by atoms with van der Waals surface area (Å²) < 4.78 is 3.77. The summed E-state index contributed by atoms with van der Waals surface area (Å²) in [6.45, 7) is 3.53. The van der Waals surface area contributed by atoms with Crippen LogP contribution in [0.2, 0.25) is 0 Å². The lowest BCUT2D eigenvalue weighted by molar-refractivity contribution is -0.791. The normalized spacial score (nSPS) is 21.3. The second-order valence-corrected chi connectivity index (χ2v) is 9.25. The summed E-state index contributed by atoms with van der Waals surface area (Å²) in [7, 11) is 2.50. The van der Waals surface area contributed by atoms with E-state index in [0.717, 1.165) is 0 Å². The lowest BCUT2D eigenvalue weighted by Gasteiger charge is -2.32. The monoisotopic (exact) mass is 512 g/mol. The van der Waals surface area contributed by atoms with Crippen molar-refractivity contribution < 1.29 is 23.9 Å². The number of dihydropyridines is 1. The Labute approximate surface area is 221 Å². The van der Waals surface area contributed by atoms with Gasteiger partial charge in [0.05, 0.1) is 25.0 Å². The van der Waals surface area contributed by atoms with Crippen molar-refractivity contribution in [1.29, 1.82) is 0 Å². The number of nitrogens with zero attached hydrogens (tertiary/aromatic N) is 2. The number of ether oxygens (including phenoxy) is 1. The fraction of sp³-hybridized carbons (Fsp3) is 0.241. The highest BCUT2D eigenvalue weighted by molar-refractivity contribution is 6.09. The molecule has 2 N–H and O–H groups in total. The van der Waals surface area contributed by atoms with E-state index in [-0.39, 0.29) is 6.42 Å². The molecule has 2 heterocycles. The number of hydroxylamine groups is 2. The minimum atomic E-state index is -1.29. The number of amides is 2. The molecule has 9 nitrogen and oxygen atoms in total. The third-order valence-corrected chi connectivity index (χ3v) is 6.62. The quantitative estimate of drug-likeness (QED) is 0.273. The van der Waals surface area contributed by atoms with Crippen LogP contribution in [-0.4, -0.2) is 42.4 Å². The molecule has 2 aliphatic heterocycles. The van der Waals surface area contributed by atoms with Gasteiger partial charge in [-0.15, -0.1) is 6.42 Å². The smallest absolute Gasteiger partial charge is 0.340 e. The number of rotatable bonds is 5. The first kappa shape index (κ1) is 26.5. The summed E-state index contributed by atoms with van der Waals surface area (Å²) >= 11 is 0. The number of hydrogen-bond acceptors (Lipinski definition) is 7. The van der Waals surface area contributed by atoms with Crippen molar-refractivity contribution >= 4 is 29.2 Å². The Balaban J connectivity index is 1.66. The molecule has 2 aromatic carbocycles. The summed E-state index contributed by atoms with van der Waals surface area (Å²) in [5.74, 6) is 0.444. The highest BCUT2D eigenvalue weighted by Crippen LogP contribution is 2.39. The highest BCUT2D eigenvalue weighted by Gasteiger charge is 2.37. The topological polar surface area (TPSA) is 120 Å². The molecule has 4 rings (SSSR count). The fourth-order valence-electron chi connectivity index (χ4n) is 4.73. The molecule has 2 aliphatic rings. The van der Waals surface area contributed by atoms with Crippen LogP contribution >= 0.6 is 0 Å². The number of anilines is 1. The number of benzene rings is 2. The van der Waals surface area contributed by atoms with E-state index < -0.39 is 28.5 Å². The van der Waals surface area contributed by atoms with Gasteiger partial charge >= 0.3 is 11.9 Å². The van der Waals surface area contributed by atoms with E-state index in [1.165, 1.54) is 14.2 Å². The summed E-state index contributed by atoms with van der Waals surface area (Å²) in [5, 5.41) is 22.3. The third-order valence-electron chi connectivity index (χ3n) is 6.62. The van der Waals surface area contributed by atoms with Gasteiger partial charge in [0, 0.05) is 40.2 Å². The molecule has 0 aromatic heterocycles. The summed E-state index contributed by atoms with van der Waals surface area (Å²) in [6, 6.07) is 14.0. The van der Waals surface area contributed by atoms with Crippen LogP contribution < -0.4 is 10.6 Å². The van der Waals surface area contributed by atoms with Crippen molar-refractivity contribution in [3.63, 3.8) is 0 Å². The maximum absolute atomic E-state index is 13.7. The predicted molar refractivity (Wildman–Crippen MR) is 143 cm³/mol. The average molecular weight is 513 g/mol. The van der Waals surface area contributed by atoms with Gasteiger partial charge in [0.1, 0.15) is 12.8 Å². The molecular weight excluding hydrogens is 484 g/mol. The Morgan fingerprint density at radius 3 is 2.45 bits per heavy atom. The van der Waals surface area contributed by atoms with Crippen LogP contribution in [0.15, 0.2) is 76.2 Å². The van der Waals surface area contributed by atoms with E-state index in [0.29, 0.717) is 57.1 Å². The Kier molecular flexibility index (Phi) is 7.30. The van der Waals surface area contributed by atoms with E-state index in [4.69, 9.17) is 11.2 Å². The molecule has 0 bridgehead atoms. The van der Waals surface area contributed by atoms with Crippen LogP contribution in [0.4, 0.5) is 5.69 Å². The second kappa shape index (κ2) is 10.5. The van der Waals surface area contributed by atoms with E-state index in [1.54, 1.807) is 56.3 Å². The van der Waals surface area contributed by atoms with Crippen molar-refractivity contribution in [3.05, 3.63) is 93.0 Å². The molecule has 0 saturated heterocycles. The van der Waals surface area contributed by atoms with Gasteiger partial charge in [0.15, 0.2) is 0 Å². The van der Waals surface area contributed by atoms with Gasteiger partial charge in [-0.3, -0.25) is 4.79 Å². The lowest BCUT2D eigenvalue weighted by atomic mass is 9.79. The summed E-state index contributed by atoms with van der Waals surface area (Å²) in [5.41, 5.74) is 4.89. The zero-order valence-corrected chi connectivity index (χ0v) is 21.6. The average Bonchev–Trinajstić information content (AvgIpc) is 2.89. The molecule has 2 aromatic rings. The first-order valence-corrected chi connectivity index (χ1v) is 12.0. The number of carbonyl (C=O) groups is 3. The molecule has 2 atom stereocenters. The number of terminal acetylenes is 1. The predicted octanol–water partition coefficient (Wildman–Crippen LogP) is 3.68. The van der Waals surface area contributed by atoms with E-state index in [2.05, 4.69) is 21.7 Å². The van der Waals surface area contributed by atoms with Gasteiger partial charge < -0.3 is 20.6 Å². The first-order chi connectivity index (χ1) is 18.1. The molecule has 38 heavy (non-hydrogen) atoms. The van der Waals surface area contributed by atoms with Crippen LogP contribution in [0.3, 0.4) is 0 Å². The van der Waals surface area contributed by atoms with Gasteiger partial charge in [-0.1, -0.05) is 35.3 Å². The van der Waals surface area contributed by atoms with Crippen molar-refractivity contribution in [3.8, 4) is 12.3 Å². The number of esters is 1. The van der Waals surface area contributed by atoms with Gasteiger partial charge in [-0.2, -0.15) is 4.76 Å². The minimum absolute atomic E-state index is 0.121. The van der Waals surface area contributed by atoms with E-state index >= 15 is 0 Å². The number of allylic oxidation sites excluding steroid dienone is 2. The van der Waals surface area contributed by atoms with Crippen molar-refractivity contribution in [1.82, 2.24) is 5.32 Å². The molecule has 9 heteroatoms. The Morgan fingerprint density at radius 2 is 1.82 bits per heavy atom.